The lowest BCUT2D eigenvalue weighted by molar-refractivity contribution is -0.151. The van der Waals surface area contributed by atoms with Crippen molar-refractivity contribution in [1.82, 2.24) is 0 Å². The van der Waals surface area contributed by atoms with Crippen molar-refractivity contribution in [2.75, 3.05) is 20.8 Å². The Morgan fingerprint density at radius 2 is 2.27 bits per heavy atom. The van der Waals surface area contributed by atoms with E-state index in [-0.39, 0.29) is 6.54 Å². The largest absolute Gasteiger partial charge is 0.467 e. The van der Waals surface area contributed by atoms with Crippen LogP contribution in [0.4, 0.5) is 0 Å². The van der Waals surface area contributed by atoms with E-state index in [1.807, 2.05) is 0 Å². The van der Waals surface area contributed by atoms with E-state index in [2.05, 4.69) is 14.5 Å². The maximum atomic E-state index is 10.7. The highest BCUT2D eigenvalue weighted by Crippen LogP contribution is 1.92. The molecule has 0 aromatic heterocycles. The molecule has 5 nitrogen and oxygen atoms in total. The summed E-state index contributed by atoms with van der Waals surface area (Å²) in [5.41, 5.74) is 0. The highest BCUT2D eigenvalue weighted by molar-refractivity contribution is 5.74. The van der Waals surface area contributed by atoms with Crippen LogP contribution >= 0.6 is 0 Å². The molecule has 0 rings (SSSR count). The molecule has 11 heavy (non-hydrogen) atoms. The minimum Gasteiger partial charge on any atom is -0.467 e. The maximum Gasteiger partial charge on any atom is 0.336 e. The van der Waals surface area contributed by atoms with Crippen LogP contribution in [-0.4, -0.2) is 38.9 Å². The van der Waals surface area contributed by atoms with Gasteiger partial charge in [0.25, 0.3) is 0 Å². The molecule has 0 unspecified atom stereocenters. The summed E-state index contributed by atoms with van der Waals surface area (Å²) in [6, 6.07) is 0. The summed E-state index contributed by atoms with van der Waals surface area (Å²) in [6.45, 7) is -0.0489. The van der Waals surface area contributed by atoms with Crippen molar-refractivity contribution in [2.24, 2.45) is 4.99 Å². The van der Waals surface area contributed by atoms with Crippen molar-refractivity contribution in [2.45, 2.75) is 6.10 Å². The molecule has 0 fully saturated rings. The Bertz CT molecular complexity index is 173. The lowest BCUT2D eigenvalue weighted by Crippen LogP contribution is -2.27. The number of methoxy groups -OCH3 is 2. The maximum absolute atomic E-state index is 10.7. The van der Waals surface area contributed by atoms with Crippen molar-refractivity contribution in [3.63, 3.8) is 0 Å². The van der Waals surface area contributed by atoms with Gasteiger partial charge < -0.3 is 9.47 Å². The second-order valence-electron chi connectivity index (χ2n) is 1.68. The number of ether oxygens (including phenoxy) is 2. The highest BCUT2D eigenvalue weighted by Gasteiger charge is 2.16. The van der Waals surface area contributed by atoms with Crippen LogP contribution in [-0.2, 0) is 19.1 Å². The van der Waals surface area contributed by atoms with E-state index in [9.17, 15) is 9.59 Å². The van der Waals surface area contributed by atoms with Gasteiger partial charge in [0.05, 0.1) is 13.7 Å². The summed E-state index contributed by atoms with van der Waals surface area (Å²) < 4.78 is 9.00. The Labute approximate surface area is 64.0 Å². The van der Waals surface area contributed by atoms with E-state index < -0.39 is 12.1 Å². The van der Waals surface area contributed by atoms with Gasteiger partial charge in [-0.05, 0) is 0 Å². The number of nitrogens with zero attached hydrogens (tertiary/aromatic N) is 1. The molecule has 0 bridgehead atoms. The minimum absolute atomic E-state index is 0.0489. The second kappa shape index (κ2) is 5.58. The number of isocyanates is 1. The average Bonchev–Trinajstić information content (AvgIpc) is 2.05. The van der Waals surface area contributed by atoms with Gasteiger partial charge in [0.15, 0.2) is 6.10 Å². The van der Waals surface area contributed by atoms with Crippen molar-refractivity contribution in [3.8, 4) is 0 Å². The van der Waals surface area contributed by atoms with Crippen molar-refractivity contribution >= 4 is 12.0 Å². The van der Waals surface area contributed by atoms with Crippen LogP contribution in [0.2, 0.25) is 0 Å². The third kappa shape index (κ3) is 3.50. The topological polar surface area (TPSA) is 65.0 Å². The molecular formula is C6H9NO4. The number of hydrogen-bond donors (Lipinski definition) is 0. The first kappa shape index (κ1) is 9.81. The van der Waals surface area contributed by atoms with Crippen molar-refractivity contribution in [3.05, 3.63) is 0 Å². The molecule has 1 atom stereocenters. The molecule has 0 heterocycles. The number of rotatable bonds is 4. The van der Waals surface area contributed by atoms with E-state index >= 15 is 0 Å². The normalized spacial score (nSPS) is 11.5. The van der Waals surface area contributed by atoms with Gasteiger partial charge in [-0.2, -0.15) is 0 Å². The second-order valence-corrected chi connectivity index (χ2v) is 1.68. The van der Waals surface area contributed by atoms with E-state index in [4.69, 9.17) is 0 Å². The summed E-state index contributed by atoms with van der Waals surface area (Å²) in [6.07, 6.45) is 0.494. The van der Waals surface area contributed by atoms with Crippen LogP contribution in [0.3, 0.4) is 0 Å². The van der Waals surface area contributed by atoms with E-state index in [0.29, 0.717) is 0 Å². The SMILES string of the molecule is COC(=O)[C@H](CN=C=O)OC. The third-order valence-electron chi connectivity index (χ3n) is 1.07. The van der Waals surface area contributed by atoms with Crippen LogP contribution < -0.4 is 0 Å². The Morgan fingerprint density at radius 1 is 1.64 bits per heavy atom. The first-order valence-corrected chi connectivity index (χ1v) is 2.90. The Morgan fingerprint density at radius 3 is 2.64 bits per heavy atom. The predicted octanol–water partition coefficient (Wildman–Crippen LogP) is -0.490. The first-order valence-electron chi connectivity index (χ1n) is 2.90. The summed E-state index contributed by atoms with van der Waals surface area (Å²) >= 11 is 0. The Hall–Kier alpha value is -1.19. The zero-order valence-electron chi connectivity index (χ0n) is 6.36. The Balaban J connectivity index is 3.94. The molecule has 0 aliphatic carbocycles. The van der Waals surface area contributed by atoms with Gasteiger partial charge in [-0.25, -0.2) is 14.6 Å². The molecule has 0 aromatic rings. The van der Waals surface area contributed by atoms with Crippen LogP contribution in [0.25, 0.3) is 0 Å². The lowest BCUT2D eigenvalue weighted by atomic mass is 10.4. The van der Waals surface area contributed by atoms with Gasteiger partial charge in [0.2, 0.25) is 6.08 Å². The molecule has 0 amide bonds. The molecule has 0 saturated heterocycles. The molecule has 0 aliphatic rings. The Kier molecular flexibility index (Phi) is 4.98. The molecule has 0 spiro atoms. The van der Waals surface area contributed by atoms with Gasteiger partial charge in [-0.3, -0.25) is 0 Å². The fourth-order valence-corrected chi connectivity index (χ4v) is 0.497. The third-order valence-corrected chi connectivity index (χ3v) is 1.07. The first-order chi connectivity index (χ1) is 5.26. The molecule has 0 saturated carbocycles. The standard InChI is InChI=1S/C6H9NO4/c1-10-5(3-7-4-8)6(9)11-2/h5H,3H2,1-2H3/t5-/m0/s1. The molecule has 0 aliphatic heterocycles. The highest BCUT2D eigenvalue weighted by atomic mass is 16.6. The van der Waals surface area contributed by atoms with Gasteiger partial charge >= 0.3 is 5.97 Å². The van der Waals surface area contributed by atoms with Gasteiger partial charge in [0, 0.05) is 7.11 Å². The molecule has 0 N–H and O–H groups in total. The fourth-order valence-electron chi connectivity index (χ4n) is 0.497. The monoisotopic (exact) mass is 159 g/mol. The fraction of sp³-hybridized carbons (Fsp3) is 0.667. The summed E-state index contributed by atoms with van der Waals surface area (Å²) in [4.78, 5) is 23.5. The van der Waals surface area contributed by atoms with Gasteiger partial charge in [-0.15, -0.1) is 0 Å². The van der Waals surface area contributed by atoms with E-state index in [1.54, 1.807) is 0 Å². The van der Waals surface area contributed by atoms with Crippen LogP contribution in [0, 0.1) is 0 Å². The average molecular weight is 159 g/mol. The predicted molar refractivity (Wildman–Crippen MR) is 35.8 cm³/mol. The molecule has 0 aromatic carbocycles. The molecule has 0 radical (unpaired) electrons. The van der Waals surface area contributed by atoms with E-state index in [1.165, 1.54) is 20.3 Å². The van der Waals surface area contributed by atoms with E-state index in [0.717, 1.165) is 0 Å². The number of aliphatic imine (C=N–C) groups is 1. The minimum atomic E-state index is -0.804. The van der Waals surface area contributed by atoms with Crippen molar-refractivity contribution in [1.29, 1.82) is 0 Å². The molecule has 5 heteroatoms. The number of hydrogen-bond acceptors (Lipinski definition) is 5. The zero-order chi connectivity index (χ0) is 8.69. The smallest absolute Gasteiger partial charge is 0.336 e. The van der Waals surface area contributed by atoms with Crippen LogP contribution in [0.1, 0.15) is 0 Å². The van der Waals surface area contributed by atoms with Crippen LogP contribution in [0.15, 0.2) is 4.99 Å². The summed E-state index contributed by atoms with van der Waals surface area (Å²) in [7, 11) is 2.57. The number of carbonyl (C=O) groups is 1. The molecular weight excluding hydrogens is 150 g/mol. The lowest BCUT2D eigenvalue weighted by Gasteiger charge is -2.07. The van der Waals surface area contributed by atoms with Crippen LogP contribution in [0.5, 0.6) is 0 Å². The number of carbonyl (C=O) groups excluding carboxylic acids is 2. The quantitative estimate of drug-likeness (QED) is 0.315. The summed E-state index contributed by atoms with van der Waals surface area (Å²) in [5, 5.41) is 0. The zero-order valence-corrected chi connectivity index (χ0v) is 6.36. The van der Waals surface area contributed by atoms with Gasteiger partial charge in [0.1, 0.15) is 0 Å². The number of esters is 1. The molecule has 62 valence electrons. The van der Waals surface area contributed by atoms with Crippen molar-refractivity contribution < 1.29 is 19.1 Å². The van der Waals surface area contributed by atoms with Gasteiger partial charge in [-0.1, -0.05) is 0 Å². The summed E-state index contributed by atoms with van der Waals surface area (Å²) in [5.74, 6) is -0.550.